The van der Waals surface area contributed by atoms with Crippen molar-refractivity contribution in [3.8, 4) is 0 Å². The van der Waals surface area contributed by atoms with Gasteiger partial charge < -0.3 is 10.1 Å². The molecule has 7 nitrogen and oxygen atoms in total. The molecule has 1 fully saturated rings. The number of ether oxygens (including phenoxy) is 1. The number of rotatable bonds is 7. The number of nitrogens with zero attached hydrogens (tertiary/aromatic N) is 1. The standard InChI is InChI=1S/C17H22N2O5/c1-3-9-18-15(21)11(2)24-14(20)8-10-19-16(22)12-6-4-5-7-13(12)17(19)23/h3-5,11-13H,1,6-10H2,2H3,(H,18,21)/t11-,12-,13-/m0/s1. The number of amides is 3. The first kappa shape index (κ1) is 17.9. The molecule has 7 heteroatoms. The Labute approximate surface area is 140 Å². The van der Waals surface area contributed by atoms with Gasteiger partial charge in [-0.3, -0.25) is 24.1 Å². The highest BCUT2D eigenvalue weighted by molar-refractivity contribution is 6.05. The average Bonchev–Trinajstić information content (AvgIpc) is 2.82. The van der Waals surface area contributed by atoms with Crippen LogP contribution in [0.3, 0.4) is 0 Å². The summed E-state index contributed by atoms with van der Waals surface area (Å²) in [5, 5.41) is 2.52. The highest BCUT2D eigenvalue weighted by Crippen LogP contribution is 2.34. The Morgan fingerprint density at radius 1 is 1.33 bits per heavy atom. The number of fused-ring (bicyclic) bond motifs is 1. The Balaban J connectivity index is 1.81. The largest absolute Gasteiger partial charge is 0.452 e. The minimum Gasteiger partial charge on any atom is -0.452 e. The van der Waals surface area contributed by atoms with Crippen LogP contribution < -0.4 is 5.32 Å². The Morgan fingerprint density at radius 2 is 1.92 bits per heavy atom. The van der Waals surface area contributed by atoms with E-state index in [-0.39, 0.29) is 43.2 Å². The lowest BCUT2D eigenvalue weighted by Gasteiger charge is -2.16. The maximum absolute atomic E-state index is 12.3. The number of carbonyl (C=O) groups is 4. The molecular weight excluding hydrogens is 312 g/mol. The van der Waals surface area contributed by atoms with Crippen LogP contribution in [-0.4, -0.2) is 47.8 Å². The molecule has 0 unspecified atom stereocenters. The zero-order valence-electron chi connectivity index (χ0n) is 13.7. The molecular formula is C17H22N2O5. The van der Waals surface area contributed by atoms with Crippen LogP contribution in [0.15, 0.2) is 24.8 Å². The maximum Gasteiger partial charge on any atom is 0.308 e. The van der Waals surface area contributed by atoms with Crippen molar-refractivity contribution >= 4 is 23.7 Å². The highest BCUT2D eigenvalue weighted by Gasteiger charge is 2.46. The number of allylic oxidation sites excluding steroid dienone is 2. The second kappa shape index (κ2) is 7.90. The van der Waals surface area contributed by atoms with Gasteiger partial charge in [0.05, 0.1) is 18.3 Å². The van der Waals surface area contributed by atoms with Crippen LogP contribution >= 0.6 is 0 Å². The smallest absolute Gasteiger partial charge is 0.308 e. The molecule has 1 aliphatic heterocycles. The Kier molecular flexibility index (Phi) is 5.89. The van der Waals surface area contributed by atoms with Crippen LogP contribution in [0.4, 0.5) is 0 Å². The molecule has 0 radical (unpaired) electrons. The van der Waals surface area contributed by atoms with E-state index in [2.05, 4.69) is 11.9 Å². The summed E-state index contributed by atoms with van der Waals surface area (Å²) in [5.74, 6) is -2.10. The monoisotopic (exact) mass is 334 g/mol. The number of carbonyl (C=O) groups excluding carboxylic acids is 4. The van der Waals surface area contributed by atoms with Gasteiger partial charge in [-0.1, -0.05) is 18.2 Å². The van der Waals surface area contributed by atoms with E-state index in [0.29, 0.717) is 12.8 Å². The second-order valence-electron chi connectivity index (χ2n) is 5.90. The number of esters is 1. The molecule has 1 saturated heterocycles. The molecule has 3 amide bonds. The molecule has 1 aliphatic carbocycles. The molecule has 130 valence electrons. The van der Waals surface area contributed by atoms with Crippen LogP contribution in [0, 0.1) is 11.8 Å². The van der Waals surface area contributed by atoms with E-state index in [0.717, 1.165) is 4.90 Å². The summed E-state index contributed by atoms with van der Waals surface area (Å²) in [7, 11) is 0. The van der Waals surface area contributed by atoms with Gasteiger partial charge in [0.25, 0.3) is 5.91 Å². The van der Waals surface area contributed by atoms with Gasteiger partial charge in [0, 0.05) is 13.1 Å². The molecule has 0 aromatic carbocycles. The predicted molar refractivity (Wildman–Crippen MR) is 85.5 cm³/mol. The Bertz CT molecular complexity index is 558. The zero-order chi connectivity index (χ0) is 17.7. The topological polar surface area (TPSA) is 92.8 Å². The van der Waals surface area contributed by atoms with E-state index in [4.69, 9.17) is 4.74 Å². The molecule has 0 aromatic rings. The number of hydrogen-bond donors (Lipinski definition) is 1. The lowest BCUT2D eigenvalue weighted by atomic mass is 9.85. The number of likely N-dealkylation sites (tertiary alicyclic amines) is 1. The normalized spacial score (nSPS) is 23.6. The van der Waals surface area contributed by atoms with Crippen LogP contribution in [-0.2, 0) is 23.9 Å². The molecule has 1 heterocycles. The summed E-state index contributed by atoms with van der Waals surface area (Å²) < 4.78 is 5.01. The van der Waals surface area contributed by atoms with E-state index in [1.807, 2.05) is 12.2 Å². The third-order valence-electron chi connectivity index (χ3n) is 4.24. The first-order valence-corrected chi connectivity index (χ1v) is 8.04. The minimum absolute atomic E-state index is 0.00943. The fraction of sp³-hybridized carbons (Fsp3) is 0.529. The average molecular weight is 334 g/mol. The van der Waals surface area contributed by atoms with Crippen molar-refractivity contribution in [3.63, 3.8) is 0 Å². The van der Waals surface area contributed by atoms with Gasteiger partial charge in [-0.25, -0.2) is 0 Å². The number of nitrogens with one attached hydrogen (secondary N) is 1. The van der Waals surface area contributed by atoms with Crippen LogP contribution in [0.1, 0.15) is 26.2 Å². The fourth-order valence-electron chi connectivity index (χ4n) is 2.92. The van der Waals surface area contributed by atoms with E-state index < -0.39 is 18.0 Å². The molecule has 24 heavy (non-hydrogen) atoms. The fourth-order valence-corrected chi connectivity index (χ4v) is 2.92. The highest BCUT2D eigenvalue weighted by atomic mass is 16.5. The lowest BCUT2D eigenvalue weighted by molar-refractivity contribution is -0.155. The first-order chi connectivity index (χ1) is 11.5. The van der Waals surface area contributed by atoms with Crippen molar-refractivity contribution in [1.82, 2.24) is 10.2 Å². The van der Waals surface area contributed by atoms with Gasteiger partial charge in [-0.2, -0.15) is 0 Å². The summed E-state index contributed by atoms with van der Waals surface area (Å²) in [6.45, 7) is 5.21. The van der Waals surface area contributed by atoms with Crippen LogP contribution in [0.5, 0.6) is 0 Å². The minimum atomic E-state index is -0.936. The molecule has 0 bridgehead atoms. The van der Waals surface area contributed by atoms with E-state index in [9.17, 15) is 19.2 Å². The Hall–Kier alpha value is -2.44. The third kappa shape index (κ3) is 3.90. The molecule has 2 aliphatic rings. The quantitative estimate of drug-likeness (QED) is 0.417. The SMILES string of the molecule is C=CCNC(=O)[C@H](C)OC(=O)CCN1C(=O)[C@H]2CC=CC[C@@H]2C1=O. The second-order valence-corrected chi connectivity index (χ2v) is 5.90. The van der Waals surface area contributed by atoms with Gasteiger partial charge in [0.1, 0.15) is 0 Å². The first-order valence-electron chi connectivity index (χ1n) is 8.04. The summed E-state index contributed by atoms with van der Waals surface area (Å²) >= 11 is 0. The van der Waals surface area contributed by atoms with E-state index in [1.165, 1.54) is 13.0 Å². The lowest BCUT2D eigenvalue weighted by Crippen LogP contribution is -2.37. The van der Waals surface area contributed by atoms with Crippen molar-refractivity contribution in [2.24, 2.45) is 11.8 Å². The molecule has 1 N–H and O–H groups in total. The number of imide groups is 1. The summed E-state index contributed by atoms with van der Waals surface area (Å²) in [6, 6.07) is 0. The molecule has 2 rings (SSSR count). The maximum atomic E-state index is 12.3. The summed E-state index contributed by atoms with van der Waals surface area (Å²) in [6.07, 6.45) is 5.41. The Morgan fingerprint density at radius 3 is 2.46 bits per heavy atom. The van der Waals surface area contributed by atoms with Gasteiger partial charge in [0.2, 0.25) is 11.8 Å². The summed E-state index contributed by atoms with van der Waals surface area (Å²) in [5.41, 5.74) is 0. The zero-order valence-corrected chi connectivity index (χ0v) is 13.7. The van der Waals surface area contributed by atoms with Crippen molar-refractivity contribution in [3.05, 3.63) is 24.8 Å². The predicted octanol–water partition coefficient (Wildman–Crippen LogP) is 0.562. The molecule has 0 aromatic heterocycles. The van der Waals surface area contributed by atoms with Gasteiger partial charge in [0.15, 0.2) is 6.10 Å². The summed E-state index contributed by atoms with van der Waals surface area (Å²) in [4.78, 5) is 49.1. The van der Waals surface area contributed by atoms with E-state index in [1.54, 1.807) is 0 Å². The van der Waals surface area contributed by atoms with Crippen molar-refractivity contribution in [1.29, 1.82) is 0 Å². The van der Waals surface area contributed by atoms with Crippen molar-refractivity contribution < 1.29 is 23.9 Å². The van der Waals surface area contributed by atoms with Crippen LogP contribution in [0.2, 0.25) is 0 Å². The van der Waals surface area contributed by atoms with Gasteiger partial charge in [-0.05, 0) is 19.8 Å². The molecule has 0 saturated carbocycles. The van der Waals surface area contributed by atoms with E-state index >= 15 is 0 Å². The van der Waals surface area contributed by atoms with Gasteiger partial charge in [-0.15, -0.1) is 6.58 Å². The van der Waals surface area contributed by atoms with Gasteiger partial charge >= 0.3 is 5.97 Å². The number of hydrogen-bond acceptors (Lipinski definition) is 5. The van der Waals surface area contributed by atoms with Crippen molar-refractivity contribution in [2.75, 3.05) is 13.1 Å². The third-order valence-corrected chi connectivity index (χ3v) is 4.24. The molecule has 3 atom stereocenters. The van der Waals surface area contributed by atoms with Crippen molar-refractivity contribution in [2.45, 2.75) is 32.3 Å². The van der Waals surface area contributed by atoms with Crippen LogP contribution in [0.25, 0.3) is 0 Å². The molecule has 0 spiro atoms.